The first kappa shape index (κ1) is 40.5. The number of anilines is 3. The van der Waals surface area contributed by atoms with Crippen molar-refractivity contribution in [2.75, 3.05) is 4.90 Å². The lowest BCUT2D eigenvalue weighted by atomic mass is 9.67. The highest BCUT2D eigenvalue weighted by Gasteiger charge is 2.48. The van der Waals surface area contributed by atoms with Crippen molar-refractivity contribution >= 4 is 17.1 Å². The predicted molar refractivity (Wildman–Crippen MR) is 287 cm³/mol. The topological polar surface area (TPSA) is 3.24 Å². The average molecular weight is 878 g/mol. The Bertz CT molecular complexity index is 3540. The van der Waals surface area contributed by atoms with Gasteiger partial charge in [-0.15, -0.1) is 0 Å². The molecule has 1 nitrogen and oxygen atoms in total. The Kier molecular flexibility index (Phi) is 9.70. The van der Waals surface area contributed by atoms with E-state index in [-0.39, 0.29) is 0 Å². The van der Waals surface area contributed by atoms with Gasteiger partial charge in [0, 0.05) is 16.9 Å². The Morgan fingerprint density at radius 2 is 0.594 bits per heavy atom. The molecule has 0 amide bonds. The van der Waals surface area contributed by atoms with Crippen LogP contribution in [0.15, 0.2) is 285 Å². The van der Waals surface area contributed by atoms with Crippen LogP contribution >= 0.6 is 0 Å². The van der Waals surface area contributed by atoms with E-state index in [1.807, 2.05) is 0 Å². The van der Waals surface area contributed by atoms with Gasteiger partial charge in [-0.1, -0.05) is 249 Å². The molecule has 2 aliphatic rings. The Labute approximate surface area is 404 Å². The fraction of sp³-hybridized carbons (Fsp3) is 0.0294. The lowest BCUT2D eigenvalue weighted by Crippen LogP contribution is -2.28. The van der Waals surface area contributed by atoms with Crippen molar-refractivity contribution in [2.24, 2.45) is 0 Å². The highest BCUT2D eigenvalue weighted by Crippen LogP contribution is 2.60. The maximum atomic E-state index is 2.47. The molecule has 1 heteroatoms. The van der Waals surface area contributed by atoms with E-state index in [0.717, 1.165) is 17.1 Å². The van der Waals surface area contributed by atoms with Gasteiger partial charge in [-0.05, 0) is 120 Å². The van der Waals surface area contributed by atoms with Crippen molar-refractivity contribution < 1.29 is 0 Å². The SMILES string of the molecule is c1ccc(-c2ccc(N(c3ccc(-c4ccc5c(c4)C(c4ccccc4)(c4ccccc4)c4ccccc4-5)cc3)c3cccc4c3-c3ccccc3C4(c3ccccc3)c3ccccc3)cc2)cc1. The maximum Gasteiger partial charge on any atom is 0.0714 e. The molecule has 0 fully saturated rings. The first-order valence-electron chi connectivity index (χ1n) is 24.0. The zero-order chi connectivity index (χ0) is 45.8. The molecule has 0 saturated carbocycles. The molecular formula is C68H47N. The second-order valence-corrected chi connectivity index (χ2v) is 18.3. The molecule has 0 bridgehead atoms. The molecule has 0 atom stereocenters. The summed E-state index contributed by atoms with van der Waals surface area (Å²) in [6.45, 7) is 0. The average Bonchev–Trinajstić information content (AvgIpc) is 3.91. The zero-order valence-electron chi connectivity index (χ0n) is 38.1. The summed E-state index contributed by atoms with van der Waals surface area (Å²) in [6, 6.07) is 105. The van der Waals surface area contributed by atoms with Crippen LogP contribution in [0.2, 0.25) is 0 Å². The molecule has 0 aromatic heterocycles. The Morgan fingerprint density at radius 3 is 1.12 bits per heavy atom. The van der Waals surface area contributed by atoms with Crippen LogP contribution in [-0.2, 0) is 10.8 Å². The van der Waals surface area contributed by atoms with Crippen molar-refractivity contribution in [1.29, 1.82) is 0 Å². The van der Waals surface area contributed by atoms with Gasteiger partial charge in [0.1, 0.15) is 0 Å². The summed E-state index contributed by atoms with van der Waals surface area (Å²) in [6.07, 6.45) is 0. The number of fused-ring (bicyclic) bond motifs is 6. The fourth-order valence-electron chi connectivity index (χ4n) is 11.9. The molecule has 0 spiro atoms. The van der Waals surface area contributed by atoms with Crippen LogP contribution in [0.1, 0.15) is 44.5 Å². The van der Waals surface area contributed by atoms with E-state index in [0.29, 0.717) is 0 Å². The summed E-state index contributed by atoms with van der Waals surface area (Å²) in [7, 11) is 0. The fourth-order valence-corrected chi connectivity index (χ4v) is 11.9. The molecule has 324 valence electrons. The van der Waals surface area contributed by atoms with Gasteiger partial charge in [0.05, 0.1) is 16.5 Å². The van der Waals surface area contributed by atoms with Gasteiger partial charge < -0.3 is 4.90 Å². The van der Waals surface area contributed by atoms with Crippen molar-refractivity contribution in [2.45, 2.75) is 10.8 Å². The van der Waals surface area contributed by atoms with Gasteiger partial charge in [0.2, 0.25) is 0 Å². The predicted octanol–water partition coefficient (Wildman–Crippen LogP) is 17.2. The van der Waals surface area contributed by atoms with Crippen LogP contribution in [-0.4, -0.2) is 0 Å². The highest BCUT2D eigenvalue weighted by molar-refractivity contribution is 5.98. The molecule has 0 N–H and O–H groups in total. The van der Waals surface area contributed by atoms with E-state index in [1.54, 1.807) is 0 Å². The summed E-state index contributed by atoms with van der Waals surface area (Å²) in [4.78, 5) is 2.47. The second kappa shape index (κ2) is 16.5. The Morgan fingerprint density at radius 1 is 0.232 bits per heavy atom. The van der Waals surface area contributed by atoms with Crippen LogP contribution in [0.25, 0.3) is 44.5 Å². The third kappa shape index (κ3) is 6.24. The van der Waals surface area contributed by atoms with Crippen LogP contribution < -0.4 is 4.90 Å². The smallest absolute Gasteiger partial charge is 0.0714 e. The number of hydrogen-bond acceptors (Lipinski definition) is 1. The van der Waals surface area contributed by atoms with Gasteiger partial charge in [0.25, 0.3) is 0 Å². The van der Waals surface area contributed by atoms with Crippen LogP contribution in [0, 0.1) is 0 Å². The minimum absolute atomic E-state index is 0.466. The summed E-state index contributed by atoms with van der Waals surface area (Å²) in [5, 5.41) is 0. The molecular weight excluding hydrogens is 831 g/mol. The summed E-state index contributed by atoms with van der Waals surface area (Å²) >= 11 is 0. The molecule has 13 rings (SSSR count). The minimum Gasteiger partial charge on any atom is -0.310 e. The van der Waals surface area contributed by atoms with E-state index in [4.69, 9.17) is 0 Å². The summed E-state index contributed by atoms with van der Waals surface area (Å²) < 4.78 is 0. The minimum atomic E-state index is -0.515. The van der Waals surface area contributed by atoms with E-state index < -0.39 is 10.8 Å². The standard InChI is InChI=1S/C68H47N/c1-6-21-48(22-7-1)49-37-42-56(43-38-49)69(65-36-20-35-63-66(65)60-32-17-19-34-62(60)67(63,52-23-8-2-9-24-52)53-25-10-3-11-26-53)57-44-39-50(40-45-57)51-41-46-59-58-31-16-18-33-61(58)68(64(59)47-51,54-27-12-4-13-28-54)55-29-14-5-15-30-55/h1-47H. The normalized spacial score (nSPS) is 13.4. The van der Waals surface area contributed by atoms with Crippen molar-refractivity contribution in [3.8, 4) is 44.5 Å². The molecule has 0 aliphatic heterocycles. The zero-order valence-corrected chi connectivity index (χ0v) is 38.1. The van der Waals surface area contributed by atoms with E-state index in [9.17, 15) is 0 Å². The van der Waals surface area contributed by atoms with Gasteiger partial charge in [0.15, 0.2) is 0 Å². The van der Waals surface area contributed by atoms with Gasteiger partial charge in [-0.3, -0.25) is 0 Å². The molecule has 2 aliphatic carbocycles. The lowest BCUT2D eigenvalue weighted by Gasteiger charge is -2.34. The van der Waals surface area contributed by atoms with Crippen molar-refractivity contribution in [3.05, 3.63) is 330 Å². The third-order valence-corrected chi connectivity index (χ3v) is 14.9. The van der Waals surface area contributed by atoms with Crippen molar-refractivity contribution in [1.82, 2.24) is 0 Å². The highest BCUT2D eigenvalue weighted by atomic mass is 15.1. The van der Waals surface area contributed by atoms with Crippen LogP contribution in [0.3, 0.4) is 0 Å². The molecule has 0 unspecified atom stereocenters. The number of rotatable bonds is 9. The van der Waals surface area contributed by atoms with E-state index >= 15 is 0 Å². The Balaban J connectivity index is 0.992. The quantitative estimate of drug-likeness (QED) is 0.140. The first-order chi connectivity index (χ1) is 34.2. The van der Waals surface area contributed by atoms with Crippen molar-refractivity contribution in [3.63, 3.8) is 0 Å². The molecule has 69 heavy (non-hydrogen) atoms. The van der Waals surface area contributed by atoms with Gasteiger partial charge in [-0.2, -0.15) is 0 Å². The molecule has 11 aromatic carbocycles. The number of hydrogen-bond donors (Lipinski definition) is 0. The molecule has 0 radical (unpaired) electrons. The molecule has 0 heterocycles. The van der Waals surface area contributed by atoms with E-state index in [1.165, 1.54) is 89.0 Å². The molecule has 0 saturated heterocycles. The first-order valence-corrected chi connectivity index (χ1v) is 24.0. The molecule has 11 aromatic rings. The van der Waals surface area contributed by atoms with Crippen LogP contribution in [0.5, 0.6) is 0 Å². The second-order valence-electron chi connectivity index (χ2n) is 18.3. The number of nitrogens with zero attached hydrogens (tertiary/aromatic N) is 1. The summed E-state index contributed by atoms with van der Waals surface area (Å²) in [5.41, 5.74) is 22.4. The third-order valence-electron chi connectivity index (χ3n) is 14.9. The van der Waals surface area contributed by atoms with Crippen LogP contribution in [0.4, 0.5) is 17.1 Å². The van der Waals surface area contributed by atoms with Gasteiger partial charge in [-0.25, -0.2) is 0 Å². The lowest BCUT2D eigenvalue weighted by molar-refractivity contribution is 0.768. The monoisotopic (exact) mass is 877 g/mol. The Hall–Kier alpha value is -8.78. The number of benzene rings is 11. The summed E-state index contributed by atoms with van der Waals surface area (Å²) in [5.74, 6) is 0. The van der Waals surface area contributed by atoms with E-state index in [2.05, 4.69) is 290 Å². The van der Waals surface area contributed by atoms with Gasteiger partial charge >= 0.3 is 0 Å². The maximum absolute atomic E-state index is 2.47. The largest absolute Gasteiger partial charge is 0.310 e.